The van der Waals surface area contributed by atoms with Crippen LogP contribution in [0.1, 0.15) is 28.4 Å². The Morgan fingerprint density at radius 1 is 0.812 bits per heavy atom. The van der Waals surface area contributed by atoms with E-state index in [1.807, 2.05) is 10.0 Å². The molecule has 2 amide bonds. The summed E-state index contributed by atoms with van der Waals surface area (Å²) in [4.78, 5) is 23.9. The number of benzene rings is 2. The quantitative estimate of drug-likeness (QED) is 0.552. The Morgan fingerprint density at radius 3 is 1.78 bits per heavy atom. The average Bonchev–Trinajstić information content (AvgIpc) is 2.59. The van der Waals surface area contributed by atoms with Gasteiger partial charge >= 0.3 is 12.4 Å². The molecule has 0 atom stereocenters. The van der Waals surface area contributed by atoms with Crippen LogP contribution in [0, 0.1) is 0 Å². The average molecular weight is 483 g/mol. The van der Waals surface area contributed by atoms with E-state index in [1.54, 1.807) is 0 Å². The molecule has 0 aliphatic rings. The van der Waals surface area contributed by atoms with E-state index in [9.17, 15) is 44.3 Å². The van der Waals surface area contributed by atoms with Crippen molar-refractivity contribution in [3.8, 4) is 0 Å². The molecule has 0 aromatic heterocycles. The van der Waals surface area contributed by atoms with Crippen molar-refractivity contribution in [3.63, 3.8) is 0 Å². The van der Waals surface area contributed by atoms with Crippen molar-refractivity contribution >= 4 is 38.9 Å². The van der Waals surface area contributed by atoms with Crippen molar-refractivity contribution in [1.29, 1.82) is 0 Å². The Balaban J connectivity index is 2.54. The third-order valence-electron chi connectivity index (χ3n) is 3.73. The zero-order chi connectivity index (χ0) is 24.5. The van der Waals surface area contributed by atoms with Crippen LogP contribution in [0.15, 0.2) is 36.4 Å². The fourth-order valence-corrected chi connectivity index (χ4v) is 3.10. The smallest absolute Gasteiger partial charge is 0.326 e. The molecule has 3 N–H and O–H groups in total. The summed E-state index contributed by atoms with van der Waals surface area (Å²) in [5.41, 5.74) is -4.88. The molecule has 0 aliphatic carbocycles. The van der Waals surface area contributed by atoms with Crippen LogP contribution in [0.25, 0.3) is 0 Å². The van der Waals surface area contributed by atoms with Crippen molar-refractivity contribution in [2.75, 3.05) is 21.6 Å². The monoisotopic (exact) mass is 483 g/mol. The zero-order valence-corrected chi connectivity index (χ0v) is 17.1. The van der Waals surface area contributed by atoms with E-state index in [1.165, 1.54) is 6.07 Å². The first kappa shape index (κ1) is 25.0. The van der Waals surface area contributed by atoms with Gasteiger partial charge in [-0.2, -0.15) is 26.3 Å². The minimum Gasteiger partial charge on any atom is -0.326 e. The number of carbonyl (C=O) groups excluding carboxylic acids is 2. The molecule has 0 spiro atoms. The van der Waals surface area contributed by atoms with Gasteiger partial charge in [0.05, 0.1) is 28.6 Å². The summed E-state index contributed by atoms with van der Waals surface area (Å²) in [5.74, 6) is -1.77. The van der Waals surface area contributed by atoms with Crippen molar-refractivity contribution < 1.29 is 44.3 Å². The van der Waals surface area contributed by atoms with Crippen molar-refractivity contribution in [3.05, 3.63) is 53.1 Å². The van der Waals surface area contributed by atoms with Gasteiger partial charge in [0.15, 0.2) is 0 Å². The van der Waals surface area contributed by atoms with Crippen LogP contribution in [-0.4, -0.2) is 26.5 Å². The lowest BCUT2D eigenvalue weighted by molar-refractivity contribution is -0.143. The Hall–Kier alpha value is -3.29. The van der Waals surface area contributed by atoms with E-state index >= 15 is 0 Å². The number of nitrogens with one attached hydrogen (secondary N) is 3. The number of sulfonamides is 1. The number of rotatable bonds is 5. The molecule has 0 heterocycles. The van der Waals surface area contributed by atoms with Gasteiger partial charge in [-0.1, -0.05) is 0 Å². The number of carbonyl (C=O) groups is 2. The van der Waals surface area contributed by atoms with E-state index in [4.69, 9.17) is 0 Å². The lowest BCUT2D eigenvalue weighted by Gasteiger charge is -2.16. The largest absolute Gasteiger partial charge is 0.416 e. The number of alkyl halides is 6. The summed E-state index contributed by atoms with van der Waals surface area (Å²) in [6.45, 7) is 1.14. The van der Waals surface area contributed by atoms with Gasteiger partial charge in [-0.3, -0.25) is 14.3 Å². The van der Waals surface area contributed by atoms with E-state index in [2.05, 4.69) is 5.32 Å². The molecule has 0 radical (unpaired) electrons. The number of halogens is 6. The molecule has 0 saturated heterocycles. The highest BCUT2D eigenvalue weighted by molar-refractivity contribution is 7.92. The zero-order valence-electron chi connectivity index (χ0n) is 16.3. The van der Waals surface area contributed by atoms with Crippen LogP contribution in [0.3, 0.4) is 0 Å². The maximum Gasteiger partial charge on any atom is 0.416 e. The molecule has 0 unspecified atom stereocenters. The van der Waals surface area contributed by atoms with Gasteiger partial charge in [0.2, 0.25) is 15.9 Å². The van der Waals surface area contributed by atoms with Crippen molar-refractivity contribution in [2.45, 2.75) is 19.3 Å². The Bertz CT molecular complexity index is 1130. The molecule has 2 aromatic rings. The molecule has 2 aromatic carbocycles. The first-order chi connectivity index (χ1) is 14.5. The summed E-state index contributed by atoms with van der Waals surface area (Å²) in [5, 5.41) is 4.22. The fraction of sp³-hybridized carbons (Fsp3) is 0.222. The third kappa shape index (κ3) is 6.87. The van der Waals surface area contributed by atoms with E-state index in [0.717, 1.165) is 25.3 Å². The predicted octanol–water partition coefficient (Wildman–Crippen LogP) is 4.31. The molecule has 32 heavy (non-hydrogen) atoms. The van der Waals surface area contributed by atoms with Crippen LogP contribution in [0.2, 0.25) is 0 Å². The lowest BCUT2D eigenvalue weighted by atomic mass is 10.1. The Morgan fingerprint density at radius 2 is 1.34 bits per heavy atom. The molecule has 0 saturated carbocycles. The topological polar surface area (TPSA) is 104 Å². The molecule has 7 nitrogen and oxygen atoms in total. The van der Waals surface area contributed by atoms with E-state index in [-0.39, 0.29) is 17.4 Å². The van der Waals surface area contributed by atoms with Crippen molar-refractivity contribution in [2.24, 2.45) is 0 Å². The van der Waals surface area contributed by atoms with Gasteiger partial charge in [-0.15, -0.1) is 0 Å². The minimum atomic E-state index is -5.13. The number of anilines is 3. The molecule has 2 rings (SSSR count). The van der Waals surface area contributed by atoms with Gasteiger partial charge in [-0.25, -0.2) is 8.42 Å². The molecular formula is C18H15F6N3O4S. The fourth-order valence-electron chi connectivity index (χ4n) is 2.53. The summed E-state index contributed by atoms with van der Waals surface area (Å²) >= 11 is 0. The van der Waals surface area contributed by atoms with Gasteiger partial charge in [-0.05, 0) is 36.4 Å². The summed E-state index contributed by atoms with van der Waals surface area (Å²) in [7, 11) is -3.91. The Kier molecular flexibility index (Phi) is 6.78. The lowest BCUT2D eigenvalue weighted by Crippen LogP contribution is -2.19. The van der Waals surface area contributed by atoms with Gasteiger partial charge in [0.25, 0.3) is 5.91 Å². The highest BCUT2D eigenvalue weighted by Crippen LogP contribution is 2.37. The van der Waals surface area contributed by atoms with Gasteiger partial charge < -0.3 is 10.6 Å². The maximum absolute atomic E-state index is 13.0. The van der Waals surface area contributed by atoms with Crippen LogP contribution in [-0.2, 0) is 27.2 Å². The Labute approximate surface area is 177 Å². The standard InChI is InChI=1S/C18H15F6N3O4S/c1-9(28)25-12-3-4-15(27-32(2,30)31)14(8-12)16(29)26-13-6-10(17(19,20)21)5-11(7-13)18(22,23)24/h3-8,27H,1-2H3,(H,25,28)(H,26,29). The molecule has 0 fully saturated rings. The van der Waals surface area contributed by atoms with Crippen molar-refractivity contribution in [1.82, 2.24) is 0 Å². The number of hydrogen-bond donors (Lipinski definition) is 3. The summed E-state index contributed by atoms with van der Waals surface area (Å²) in [6, 6.07) is 3.82. The maximum atomic E-state index is 13.0. The predicted molar refractivity (Wildman–Crippen MR) is 104 cm³/mol. The highest BCUT2D eigenvalue weighted by Gasteiger charge is 2.37. The van der Waals surface area contributed by atoms with E-state index < -0.39 is 56.6 Å². The second-order valence-electron chi connectivity index (χ2n) is 6.56. The van der Waals surface area contributed by atoms with E-state index in [0.29, 0.717) is 12.1 Å². The first-order valence-corrected chi connectivity index (χ1v) is 10.3. The third-order valence-corrected chi connectivity index (χ3v) is 4.32. The van der Waals surface area contributed by atoms with Gasteiger partial charge in [0, 0.05) is 18.3 Å². The number of amides is 2. The van der Waals surface area contributed by atoms with Gasteiger partial charge in [0.1, 0.15) is 0 Å². The highest BCUT2D eigenvalue weighted by atomic mass is 32.2. The summed E-state index contributed by atoms with van der Waals surface area (Å²) < 4.78 is 103. The normalized spacial score (nSPS) is 12.2. The molecule has 14 heteroatoms. The van der Waals surface area contributed by atoms with Crippen LogP contribution in [0.4, 0.5) is 43.4 Å². The molecular weight excluding hydrogens is 468 g/mol. The van der Waals surface area contributed by atoms with Crippen LogP contribution >= 0.6 is 0 Å². The SMILES string of the molecule is CC(=O)Nc1ccc(NS(C)(=O)=O)c(C(=O)Nc2cc(C(F)(F)F)cc(C(F)(F)F)c2)c1. The molecule has 0 bridgehead atoms. The molecule has 0 aliphatic heterocycles. The first-order valence-electron chi connectivity index (χ1n) is 8.46. The number of hydrogen-bond acceptors (Lipinski definition) is 4. The minimum absolute atomic E-state index is 0.0294. The second-order valence-corrected chi connectivity index (χ2v) is 8.31. The second kappa shape index (κ2) is 8.68. The molecule has 174 valence electrons. The van der Waals surface area contributed by atoms with Crippen LogP contribution < -0.4 is 15.4 Å². The summed E-state index contributed by atoms with van der Waals surface area (Å²) in [6.07, 6.45) is -9.50. The van der Waals surface area contributed by atoms with Crippen LogP contribution in [0.5, 0.6) is 0 Å².